The van der Waals surface area contributed by atoms with Gasteiger partial charge >= 0.3 is 0 Å². The Hall–Kier alpha value is -3.43. The standard InChI is InChI=1S/C24H27N3O5S/c1-16-10-11-19(33(30,31)27-24(2,3)4)14-20(16)22(28)25-15-17-7-5-8-18(13-17)26-23(29)21-9-6-12-32-21/h5-14,27H,15H2,1-4H3,(H,25,28)(H,26,29). The molecule has 0 unspecified atom stereocenters. The topological polar surface area (TPSA) is 118 Å². The predicted octanol–water partition coefficient (Wildman–Crippen LogP) is 3.85. The van der Waals surface area contributed by atoms with Crippen LogP contribution in [0.4, 0.5) is 5.69 Å². The van der Waals surface area contributed by atoms with Crippen LogP contribution in [0.2, 0.25) is 0 Å². The van der Waals surface area contributed by atoms with Gasteiger partial charge < -0.3 is 15.1 Å². The number of amides is 2. The fourth-order valence-electron chi connectivity index (χ4n) is 3.11. The first-order valence-electron chi connectivity index (χ1n) is 10.3. The molecule has 3 aromatic rings. The molecule has 0 bridgehead atoms. The molecule has 0 aliphatic rings. The van der Waals surface area contributed by atoms with Crippen molar-refractivity contribution in [2.75, 3.05) is 5.32 Å². The van der Waals surface area contributed by atoms with Crippen LogP contribution in [0.25, 0.3) is 0 Å². The number of carbonyl (C=O) groups excluding carboxylic acids is 2. The molecule has 9 heteroatoms. The molecule has 2 amide bonds. The van der Waals surface area contributed by atoms with E-state index in [0.717, 1.165) is 5.56 Å². The Morgan fingerprint density at radius 3 is 2.39 bits per heavy atom. The zero-order valence-corrected chi connectivity index (χ0v) is 19.7. The van der Waals surface area contributed by atoms with Crippen LogP contribution in [0.1, 0.15) is 52.8 Å². The smallest absolute Gasteiger partial charge is 0.291 e. The lowest BCUT2D eigenvalue weighted by Crippen LogP contribution is -2.40. The molecule has 0 aliphatic carbocycles. The number of sulfonamides is 1. The second kappa shape index (κ2) is 9.60. The average molecular weight is 470 g/mol. The Morgan fingerprint density at radius 1 is 0.970 bits per heavy atom. The van der Waals surface area contributed by atoms with E-state index in [1.54, 1.807) is 64.1 Å². The quantitative estimate of drug-likeness (QED) is 0.486. The maximum Gasteiger partial charge on any atom is 0.291 e. The molecular formula is C24H27N3O5S. The number of benzene rings is 2. The molecule has 1 heterocycles. The number of furan rings is 1. The van der Waals surface area contributed by atoms with Gasteiger partial charge in [0.05, 0.1) is 11.2 Å². The molecule has 0 fully saturated rings. The van der Waals surface area contributed by atoms with E-state index in [0.29, 0.717) is 11.3 Å². The van der Waals surface area contributed by atoms with Crippen molar-refractivity contribution >= 4 is 27.5 Å². The SMILES string of the molecule is Cc1ccc(S(=O)(=O)NC(C)(C)C)cc1C(=O)NCc1cccc(NC(=O)c2ccco2)c1. The third-order valence-corrected chi connectivity index (χ3v) is 6.34. The van der Waals surface area contributed by atoms with Gasteiger partial charge in [0.25, 0.3) is 11.8 Å². The summed E-state index contributed by atoms with van der Waals surface area (Å²) in [5.74, 6) is -0.580. The van der Waals surface area contributed by atoms with Gasteiger partial charge in [-0.15, -0.1) is 0 Å². The summed E-state index contributed by atoms with van der Waals surface area (Å²) in [5, 5.41) is 5.54. The van der Waals surface area contributed by atoms with E-state index >= 15 is 0 Å². The first-order valence-corrected chi connectivity index (χ1v) is 11.8. The van der Waals surface area contributed by atoms with Crippen LogP contribution >= 0.6 is 0 Å². The maximum atomic E-state index is 12.8. The Morgan fingerprint density at radius 2 is 1.73 bits per heavy atom. The Kier molecular flexibility index (Phi) is 7.04. The third kappa shape index (κ3) is 6.53. The van der Waals surface area contributed by atoms with Gasteiger partial charge in [0, 0.05) is 23.3 Å². The summed E-state index contributed by atoms with van der Waals surface area (Å²) >= 11 is 0. The molecule has 0 aliphatic heterocycles. The molecule has 0 radical (unpaired) electrons. The average Bonchev–Trinajstić information content (AvgIpc) is 3.26. The van der Waals surface area contributed by atoms with Gasteiger partial charge in [-0.2, -0.15) is 0 Å². The number of carbonyl (C=O) groups is 2. The largest absolute Gasteiger partial charge is 0.459 e. The highest BCUT2D eigenvalue weighted by molar-refractivity contribution is 7.89. The molecule has 0 atom stereocenters. The van der Waals surface area contributed by atoms with Crippen molar-refractivity contribution in [1.29, 1.82) is 0 Å². The maximum absolute atomic E-state index is 12.8. The molecule has 174 valence electrons. The molecule has 0 saturated carbocycles. The van der Waals surface area contributed by atoms with Crippen molar-refractivity contribution in [3.05, 3.63) is 83.3 Å². The summed E-state index contributed by atoms with van der Waals surface area (Å²) in [6.07, 6.45) is 1.42. The van der Waals surface area contributed by atoms with E-state index in [-0.39, 0.29) is 28.7 Å². The Balaban J connectivity index is 1.70. The number of aryl methyl sites for hydroxylation is 1. The Bertz CT molecular complexity index is 1260. The summed E-state index contributed by atoms with van der Waals surface area (Å²) in [7, 11) is -3.77. The molecule has 33 heavy (non-hydrogen) atoms. The normalized spacial score (nSPS) is 11.8. The Labute approximate surface area is 193 Å². The van der Waals surface area contributed by atoms with Crippen molar-refractivity contribution < 1.29 is 22.4 Å². The molecular weight excluding hydrogens is 442 g/mol. The number of nitrogens with one attached hydrogen (secondary N) is 3. The highest BCUT2D eigenvalue weighted by Crippen LogP contribution is 2.18. The van der Waals surface area contributed by atoms with Gasteiger partial charge in [0.1, 0.15) is 0 Å². The van der Waals surface area contributed by atoms with Gasteiger partial charge in [-0.05, 0) is 75.2 Å². The van der Waals surface area contributed by atoms with Crippen molar-refractivity contribution in [2.45, 2.75) is 44.7 Å². The lowest BCUT2D eigenvalue weighted by Gasteiger charge is -2.20. The predicted molar refractivity (Wildman–Crippen MR) is 126 cm³/mol. The molecule has 3 N–H and O–H groups in total. The van der Waals surface area contributed by atoms with Gasteiger partial charge in [0.2, 0.25) is 10.0 Å². The second-order valence-corrected chi connectivity index (χ2v) is 10.3. The molecule has 0 spiro atoms. The lowest BCUT2D eigenvalue weighted by atomic mass is 10.1. The van der Waals surface area contributed by atoms with Crippen LogP contribution in [0.5, 0.6) is 0 Å². The molecule has 3 rings (SSSR count). The van der Waals surface area contributed by atoms with Crippen molar-refractivity contribution in [2.24, 2.45) is 0 Å². The molecule has 8 nitrogen and oxygen atoms in total. The zero-order chi connectivity index (χ0) is 24.2. The van der Waals surface area contributed by atoms with E-state index in [1.807, 2.05) is 6.07 Å². The van der Waals surface area contributed by atoms with E-state index in [2.05, 4.69) is 15.4 Å². The van der Waals surface area contributed by atoms with E-state index in [1.165, 1.54) is 18.4 Å². The van der Waals surface area contributed by atoms with Crippen molar-refractivity contribution in [3.63, 3.8) is 0 Å². The summed E-state index contributed by atoms with van der Waals surface area (Å²) < 4.78 is 32.9. The highest BCUT2D eigenvalue weighted by atomic mass is 32.2. The highest BCUT2D eigenvalue weighted by Gasteiger charge is 2.23. The lowest BCUT2D eigenvalue weighted by molar-refractivity contribution is 0.0948. The molecule has 1 aromatic heterocycles. The van der Waals surface area contributed by atoms with Gasteiger partial charge in [-0.3, -0.25) is 9.59 Å². The minimum Gasteiger partial charge on any atom is -0.459 e. The second-order valence-electron chi connectivity index (χ2n) is 8.65. The van der Waals surface area contributed by atoms with Gasteiger partial charge in [0.15, 0.2) is 5.76 Å². The fraction of sp³-hybridized carbons (Fsp3) is 0.250. The van der Waals surface area contributed by atoms with Crippen LogP contribution < -0.4 is 15.4 Å². The number of rotatable bonds is 7. The number of anilines is 1. The first kappa shape index (κ1) is 24.2. The summed E-state index contributed by atoms with van der Waals surface area (Å²) in [4.78, 5) is 25.0. The number of hydrogen-bond donors (Lipinski definition) is 3. The van der Waals surface area contributed by atoms with E-state index < -0.39 is 21.5 Å². The van der Waals surface area contributed by atoms with Crippen molar-refractivity contribution in [3.8, 4) is 0 Å². The van der Waals surface area contributed by atoms with E-state index in [4.69, 9.17) is 4.42 Å². The van der Waals surface area contributed by atoms with Crippen LogP contribution in [-0.2, 0) is 16.6 Å². The van der Waals surface area contributed by atoms with E-state index in [9.17, 15) is 18.0 Å². The first-order chi connectivity index (χ1) is 15.4. The fourth-order valence-corrected chi connectivity index (χ4v) is 4.56. The molecule has 0 saturated heterocycles. The van der Waals surface area contributed by atoms with Crippen LogP contribution in [0.3, 0.4) is 0 Å². The van der Waals surface area contributed by atoms with Crippen molar-refractivity contribution in [1.82, 2.24) is 10.0 Å². The minimum atomic E-state index is -3.77. The van der Waals surface area contributed by atoms with Crippen LogP contribution in [0, 0.1) is 6.92 Å². The molecule has 2 aromatic carbocycles. The monoisotopic (exact) mass is 469 g/mol. The summed E-state index contributed by atoms with van der Waals surface area (Å²) in [6.45, 7) is 7.18. The summed E-state index contributed by atoms with van der Waals surface area (Å²) in [5.41, 5.74) is 1.59. The number of hydrogen-bond acceptors (Lipinski definition) is 5. The van der Waals surface area contributed by atoms with Crippen LogP contribution in [-0.4, -0.2) is 25.8 Å². The van der Waals surface area contributed by atoms with Gasteiger partial charge in [-0.1, -0.05) is 18.2 Å². The minimum absolute atomic E-state index is 0.0239. The van der Waals surface area contributed by atoms with Crippen LogP contribution in [0.15, 0.2) is 70.2 Å². The van der Waals surface area contributed by atoms with Gasteiger partial charge in [-0.25, -0.2) is 13.1 Å². The third-order valence-electron chi connectivity index (χ3n) is 4.59. The zero-order valence-electron chi connectivity index (χ0n) is 18.9. The summed E-state index contributed by atoms with van der Waals surface area (Å²) in [6, 6.07) is 14.7.